The number of nitrogens with zero attached hydrogens (tertiary/aromatic N) is 5. The lowest BCUT2D eigenvalue weighted by Gasteiger charge is -2.21. The molecule has 0 saturated heterocycles. The van der Waals surface area contributed by atoms with Gasteiger partial charge in [0.1, 0.15) is 4.88 Å². The van der Waals surface area contributed by atoms with E-state index in [0.717, 1.165) is 27.9 Å². The summed E-state index contributed by atoms with van der Waals surface area (Å²) in [5.74, 6) is -0.673. The first-order valence-electron chi connectivity index (χ1n) is 11.1. The number of amides is 1. The summed E-state index contributed by atoms with van der Waals surface area (Å²) in [6, 6.07) is 11.7. The maximum Gasteiger partial charge on any atom is 0.350 e. The van der Waals surface area contributed by atoms with Crippen LogP contribution in [0.1, 0.15) is 63.8 Å². The molecule has 0 fully saturated rings. The van der Waals surface area contributed by atoms with Gasteiger partial charge in [-0.3, -0.25) is 9.69 Å². The highest BCUT2D eigenvalue weighted by Gasteiger charge is 2.27. The third-order valence-electron chi connectivity index (χ3n) is 5.38. The third-order valence-corrected chi connectivity index (χ3v) is 6.55. The standard InChI is InChI=1S/C25H27N5O3S/c1-6-33-24(32)21-17(5)28-25(34-21)29(14-18-10-8-7-9-11-18)23(31)20-12-19-13-26-30(15(2)3)22(19)27-16(20)4/h7-13,15H,6,14H2,1-5H3. The Morgan fingerprint density at radius 1 is 1.12 bits per heavy atom. The van der Waals surface area contributed by atoms with Crippen molar-refractivity contribution in [3.05, 3.63) is 70.0 Å². The maximum absolute atomic E-state index is 13.9. The number of esters is 1. The van der Waals surface area contributed by atoms with Crippen LogP contribution in [0.5, 0.6) is 0 Å². The number of hydrogen-bond donors (Lipinski definition) is 0. The van der Waals surface area contributed by atoms with Crippen LogP contribution in [-0.4, -0.2) is 38.2 Å². The highest BCUT2D eigenvalue weighted by atomic mass is 32.1. The summed E-state index contributed by atoms with van der Waals surface area (Å²) in [6.45, 7) is 9.98. The molecular formula is C25H27N5O3S. The van der Waals surface area contributed by atoms with E-state index in [2.05, 4.69) is 10.1 Å². The smallest absolute Gasteiger partial charge is 0.350 e. The number of fused-ring (bicyclic) bond motifs is 1. The molecule has 1 amide bonds. The molecule has 0 radical (unpaired) electrons. The lowest BCUT2D eigenvalue weighted by molar-refractivity contribution is 0.0531. The van der Waals surface area contributed by atoms with Gasteiger partial charge in [-0.15, -0.1) is 0 Å². The molecule has 4 aromatic rings. The van der Waals surface area contributed by atoms with E-state index in [-0.39, 0.29) is 18.6 Å². The Morgan fingerprint density at radius 3 is 2.53 bits per heavy atom. The Morgan fingerprint density at radius 2 is 1.85 bits per heavy atom. The molecule has 0 unspecified atom stereocenters. The molecule has 34 heavy (non-hydrogen) atoms. The summed E-state index contributed by atoms with van der Waals surface area (Å²) in [5, 5.41) is 5.66. The molecule has 0 N–H and O–H groups in total. The molecule has 0 aliphatic rings. The van der Waals surface area contributed by atoms with Crippen molar-refractivity contribution < 1.29 is 14.3 Å². The lowest BCUT2D eigenvalue weighted by Crippen LogP contribution is -2.31. The molecule has 176 valence electrons. The van der Waals surface area contributed by atoms with E-state index < -0.39 is 5.97 Å². The van der Waals surface area contributed by atoms with Gasteiger partial charge in [-0.1, -0.05) is 41.7 Å². The van der Waals surface area contributed by atoms with E-state index in [9.17, 15) is 9.59 Å². The quantitative estimate of drug-likeness (QED) is 0.344. The van der Waals surface area contributed by atoms with Crippen molar-refractivity contribution in [2.75, 3.05) is 11.5 Å². The van der Waals surface area contributed by atoms with Crippen molar-refractivity contribution in [2.24, 2.45) is 0 Å². The number of ether oxygens (including phenoxy) is 1. The number of aromatic nitrogens is 4. The van der Waals surface area contributed by atoms with Crippen LogP contribution in [0.4, 0.5) is 5.13 Å². The Kier molecular flexibility index (Phi) is 6.74. The van der Waals surface area contributed by atoms with E-state index in [0.29, 0.717) is 33.5 Å². The Balaban J connectivity index is 1.78. The summed E-state index contributed by atoms with van der Waals surface area (Å²) in [5.41, 5.74) is 3.30. The van der Waals surface area contributed by atoms with Gasteiger partial charge in [0.05, 0.1) is 36.3 Å². The zero-order chi connectivity index (χ0) is 24.4. The van der Waals surface area contributed by atoms with Crippen LogP contribution >= 0.6 is 11.3 Å². The molecule has 0 bridgehead atoms. The Hall–Kier alpha value is -3.59. The van der Waals surface area contributed by atoms with E-state index >= 15 is 0 Å². The van der Waals surface area contributed by atoms with Crippen molar-refractivity contribution in [1.82, 2.24) is 19.7 Å². The van der Waals surface area contributed by atoms with Gasteiger partial charge in [-0.25, -0.2) is 19.4 Å². The van der Waals surface area contributed by atoms with Crippen LogP contribution < -0.4 is 4.90 Å². The summed E-state index contributed by atoms with van der Waals surface area (Å²) >= 11 is 1.16. The monoisotopic (exact) mass is 477 g/mol. The summed E-state index contributed by atoms with van der Waals surface area (Å²) in [4.78, 5) is 37.5. The minimum absolute atomic E-state index is 0.153. The topological polar surface area (TPSA) is 90.2 Å². The fourth-order valence-electron chi connectivity index (χ4n) is 3.68. The number of benzene rings is 1. The van der Waals surface area contributed by atoms with Gasteiger partial charge in [0.2, 0.25) is 0 Å². The van der Waals surface area contributed by atoms with E-state index in [4.69, 9.17) is 9.72 Å². The fraction of sp³-hybridized carbons (Fsp3) is 0.320. The molecule has 9 heteroatoms. The van der Waals surface area contributed by atoms with E-state index in [1.807, 2.05) is 61.9 Å². The first-order valence-corrected chi connectivity index (χ1v) is 12.0. The molecule has 0 spiro atoms. The highest BCUT2D eigenvalue weighted by Crippen LogP contribution is 2.30. The summed E-state index contributed by atoms with van der Waals surface area (Å²) < 4.78 is 7.00. The maximum atomic E-state index is 13.9. The number of hydrogen-bond acceptors (Lipinski definition) is 7. The van der Waals surface area contributed by atoms with E-state index in [1.165, 1.54) is 0 Å². The first kappa shape index (κ1) is 23.6. The van der Waals surface area contributed by atoms with Crippen LogP contribution in [0.2, 0.25) is 0 Å². The van der Waals surface area contributed by atoms with Gasteiger partial charge in [0.15, 0.2) is 10.8 Å². The number of anilines is 1. The van der Waals surface area contributed by atoms with Crippen LogP contribution in [0.3, 0.4) is 0 Å². The summed E-state index contributed by atoms with van der Waals surface area (Å²) in [7, 11) is 0. The number of rotatable bonds is 7. The van der Waals surface area contributed by atoms with Crippen LogP contribution in [0.25, 0.3) is 11.0 Å². The zero-order valence-corrected chi connectivity index (χ0v) is 20.7. The van der Waals surface area contributed by atoms with Crippen molar-refractivity contribution >= 4 is 39.4 Å². The number of carbonyl (C=O) groups excluding carboxylic acids is 2. The molecule has 0 aliphatic carbocycles. The molecule has 1 aromatic carbocycles. The third kappa shape index (κ3) is 4.56. The number of pyridine rings is 1. The van der Waals surface area contributed by atoms with Gasteiger partial charge in [0.25, 0.3) is 5.91 Å². The highest BCUT2D eigenvalue weighted by molar-refractivity contribution is 7.17. The molecule has 4 rings (SSSR count). The molecular weight excluding hydrogens is 450 g/mol. The zero-order valence-electron chi connectivity index (χ0n) is 19.9. The van der Waals surface area contributed by atoms with Gasteiger partial charge in [-0.2, -0.15) is 5.10 Å². The first-order chi connectivity index (χ1) is 16.3. The van der Waals surface area contributed by atoms with Crippen molar-refractivity contribution in [3.8, 4) is 0 Å². The van der Waals surface area contributed by atoms with Gasteiger partial charge < -0.3 is 4.74 Å². The average Bonchev–Trinajstić information content (AvgIpc) is 3.40. The van der Waals surface area contributed by atoms with Crippen LogP contribution in [0, 0.1) is 13.8 Å². The van der Waals surface area contributed by atoms with Crippen molar-refractivity contribution in [3.63, 3.8) is 0 Å². The van der Waals surface area contributed by atoms with Gasteiger partial charge in [-0.05, 0) is 46.2 Å². The minimum atomic E-state index is -0.434. The van der Waals surface area contributed by atoms with Crippen LogP contribution in [-0.2, 0) is 11.3 Å². The van der Waals surface area contributed by atoms with Crippen LogP contribution in [0.15, 0.2) is 42.6 Å². The molecule has 3 heterocycles. The summed E-state index contributed by atoms with van der Waals surface area (Å²) in [6.07, 6.45) is 1.73. The average molecular weight is 478 g/mol. The fourth-order valence-corrected chi connectivity index (χ4v) is 4.64. The molecule has 0 aliphatic heterocycles. The second-order valence-corrected chi connectivity index (χ2v) is 9.20. The van der Waals surface area contributed by atoms with Gasteiger partial charge in [0, 0.05) is 11.4 Å². The van der Waals surface area contributed by atoms with Crippen molar-refractivity contribution in [1.29, 1.82) is 0 Å². The second-order valence-electron chi connectivity index (χ2n) is 8.23. The molecule has 3 aromatic heterocycles. The second kappa shape index (κ2) is 9.72. The Labute approximate surface area is 202 Å². The van der Waals surface area contributed by atoms with E-state index in [1.54, 1.807) is 24.9 Å². The molecule has 0 atom stereocenters. The minimum Gasteiger partial charge on any atom is -0.462 e. The lowest BCUT2D eigenvalue weighted by atomic mass is 10.1. The predicted molar refractivity (Wildman–Crippen MR) is 132 cm³/mol. The SMILES string of the molecule is CCOC(=O)c1sc(N(Cc2ccccc2)C(=O)c2cc3cnn(C(C)C)c3nc2C)nc1C. The number of thiazole rings is 1. The van der Waals surface area contributed by atoms with Gasteiger partial charge >= 0.3 is 5.97 Å². The molecule has 8 nitrogen and oxygen atoms in total. The molecule has 0 saturated carbocycles. The number of carbonyl (C=O) groups is 2. The largest absolute Gasteiger partial charge is 0.462 e. The number of aryl methyl sites for hydroxylation is 2. The Bertz CT molecular complexity index is 1340. The normalized spacial score (nSPS) is 11.2. The van der Waals surface area contributed by atoms with Crippen molar-refractivity contribution in [2.45, 2.75) is 47.2 Å². The predicted octanol–water partition coefficient (Wildman–Crippen LogP) is 5.11.